The van der Waals surface area contributed by atoms with E-state index in [9.17, 15) is 18.4 Å². The van der Waals surface area contributed by atoms with E-state index in [-0.39, 0.29) is 23.6 Å². The molecule has 2 amide bonds. The first-order valence-corrected chi connectivity index (χ1v) is 9.77. The van der Waals surface area contributed by atoms with E-state index < -0.39 is 11.6 Å². The fraction of sp³-hybridized carbons (Fsp3) is 0.300. The van der Waals surface area contributed by atoms with Crippen molar-refractivity contribution in [3.63, 3.8) is 0 Å². The number of thioether (sulfide) groups is 1. The number of carbonyl (C=O) groups excluding carboxylic acids is 2. The molecular formula is C20H20F2N2O2S. The summed E-state index contributed by atoms with van der Waals surface area (Å²) < 4.78 is 27.4. The molecule has 1 fully saturated rings. The maximum Gasteiger partial charge on any atom is 0.251 e. The van der Waals surface area contributed by atoms with Gasteiger partial charge in [-0.3, -0.25) is 9.59 Å². The third-order valence-electron chi connectivity index (χ3n) is 4.44. The summed E-state index contributed by atoms with van der Waals surface area (Å²) in [7, 11) is 0. The van der Waals surface area contributed by atoms with Crippen LogP contribution in [0.3, 0.4) is 0 Å². The number of halogens is 2. The van der Waals surface area contributed by atoms with Crippen molar-refractivity contribution < 1.29 is 18.4 Å². The molecule has 3 rings (SSSR count). The molecule has 4 nitrogen and oxygen atoms in total. The molecule has 0 saturated carbocycles. The van der Waals surface area contributed by atoms with Crippen LogP contribution in [0.1, 0.15) is 27.6 Å². The number of amides is 2. The van der Waals surface area contributed by atoms with E-state index in [4.69, 9.17) is 0 Å². The van der Waals surface area contributed by atoms with Crippen LogP contribution >= 0.6 is 11.8 Å². The molecule has 0 bridgehead atoms. The van der Waals surface area contributed by atoms with Crippen molar-refractivity contribution in [3.05, 3.63) is 71.3 Å². The number of carbonyl (C=O) groups is 2. The molecule has 0 radical (unpaired) electrons. The van der Waals surface area contributed by atoms with E-state index in [1.54, 1.807) is 29.2 Å². The molecule has 1 heterocycles. The van der Waals surface area contributed by atoms with Crippen LogP contribution in [0.5, 0.6) is 0 Å². The van der Waals surface area contributed by atoms with Crippen molar-refractivity contribution >= 4 is 23.6 Å². The lowest BCUT2D eigenvalue weighted by atomic mass is 10.1. The Morgan fingerprint density at radius 3 is 2.67 bits per heavy atom. The van der Waals surface area contributed by atoms with Gasteiger partial charge in [0.05, 0.1) is 6.54 Å². The van der Waals surface area contributed by atoms with Gasteiger partial charge in [0.2, 0.25) is 5.91 Å². The SMILES string of the molecule is O=C(NCC(=O)N1CCS[C@@H](c2cc(F)ccc2F)CC1)c1ccccc1. The summed E-state index contributed by atoms with van der Waals surface area (Å²) in [5, 5.41) is 2.43. The number of hydrogen-bond donors (Lipinski definition) is 1. The summed E-state index contributed by atoms with van der Waals surface area (Å²) in [5.74, 6) is -0.747. The number of nitrogens with one attached hydrogen (secondary N) is 1. The van der Waals surface area contributed by atoms with Gasteiger partial charge in [-0.1, -0.05) is 18.2 Å². The molecule has 142 valence electrons. The van der Waals surface area contributed by atoms with Crippen LogP contribution in [0.2, 0.25) is 0 Å². The minimum absolute atomic E-state index is 0.0859. The quantitative estimate of drug-likeness (QED) is 0.871. The first-order valence-electron chi connectivity index (χ1n) is 8.72. The van der Waals surface area contributed by atoms with Crippen molar-refractivity contribution in [2.75, 3.05) is 25.4 Å². The second kappa shape index (κ2) is 8.99. The van der Waals surface area contributed by atoms with Gasteiger partial charge >= 0.3 is 0 Å². The van der Waals surface area contributed by atoms with E-state index in [1.165, 1.54) is 17.8 Å². The Morgan fingerprint density at radius 1 is 1.11 bits per heavy atom. The molecule has 7 heteroatoms. The molecule has 0 aliphatic carbocycles. The predicted molar refractivity (Wildman–Crippen MR) is 102 cm³/mol. The van der Waals surface area contributed by atoms with Gasteiger partial charge in [-0.2, -0.15) is 11.8 Å². The maximum absolute atomic E-state index is 14.0. The molecule has 0 unspecified atom stereocenters. The van der Waals surface area contributed by atoms with E-state index in [1.807, 2.05) is 6.07 Å². The molecule has 0 aromatic heterocycles. The second-order valence-corrected chi connectivity index (χ2v) is 7.55. The highest BCUT2D eigenvalue weighted by Crippen LogP contribution is 2.36. The van der Waals surface area contributed by atoms with Gasteiger partial charge in [-0.15, -0.1) is 0 Å². The summed E-state index contributed by atoms with van der Waals surface area (Å²) in [4.78, 5) is 26.1. The number of rotatable bonds is 4. The Balaban J connectivity index is 1.55. The molecule has 1 aliphatic heterocycles. The van der Waals surface area contributed by atoms with Crippen molar-refractivity contribution in [3.8, 4) is 0 Å². The minimum Gasteiger partial charge on any atom is -0.343 e. The smallest absolute Gasteiger partial charge is 0.251 e. The van der Waals surface area contributed by atoms with Crippen LogP contribution in [-0.4, -0.2) is 42.1 Å². The van der Waals surface area contributed by atoms with E-state index in [2.05, 4.69) is 5.32 Å². The van der Waals surface area contributed by atoms with Crippen molar-refractivity contribution in [2.24, 2.45) is 0 Å². The molecular weight excluding hydrogens is 370 g/mol. The van der Waals surface area contributed by atoms with Crippen molar-refractivity contribution in [1.82, 2.24) is 10.2 Å². The lowest BCUT2D eigenvalue weighted by Gasteiger charge is -2.20. The van der Waals surface area contributed by atoms with Gasteiger partial charge in [0, 0.05) is 35.2 Å². The Kier molecular flexibility index (Phi) is 6.45. The standard InChI is InChI=1S/C20H20F2N2O2S/c21-15-6-7-17(22)16(12-15)18-8-9-24(10-11-27-18)19(25)13-23-20(26)14-4-2-1-3-5-14/h1-7,12,18H,8-11,13H2,(H,23,26)/t18-/m1/s1. The lowest BCUT2D eigenvalue weighted by molar-refractivity contribution is -0.129. The first kappa shape index (κ1) is 19.4. The third kappa shape index (κ3) is 5.07. The third-order valence-corrected chi connectivity index (χ3v) is 5.75. The van der Waals surface area contributed by atoms with Crippen LogP contribution in [-0.2, 0) is 4.79 Å². The topological polar surface area (TPSA) is 49.4 Å². The van der Waals surface area contributed by atoms with Gasteiger partial charge in [0.15, 0.2) is 0 Å². The lowest BCUT2D eigenvalue weighted by Crippen LogP contribution is -2.41. The summed E-state index contributed by atoms with van der Waals surface area (Å²) in [6.45, 7) is 0.864. The van der Waals surface area contributed by atoms with Gasteiger partial charge in [-0.25, -0.2) is 8.78 Å². The zero-order chi connectivity index (χ0) is 19.2. The Morgan fingerprint density at radius 2 is 1.89 bits per heavy atom. The summed E-state index contributed by atoms with van der Waals surface area (Å²) in [6.07, 6.45) is 0.531. The van der Waals surface area contributed by atoms with Crippen LogP contribution in [0.15, 0.2) is 48.5 Å². The van der Waals surface area contributed by atoms with Crippen molar-refractivity contribution in [2.45, 2.75) is 11.7 Å². The van der Waals surface area contributed by atoms with Crippen LogP contribution < -0.4 is 5.32 Å². The van der Waals surface area contributed by atoms with E-state index in [0.717, 1.165) is 12.1 Å². The summed E-state index contributed by atoms with van der Waals surface area (Å²) >= 11 is 1.51. The highest BCUT2D eigenvalue weighted by molar-refractivity contribution is 7.99. The summed E-state index contributed by atoms with van der Waals surface area (Å²) in [6, 6.07) is 12.2. The molecule has 0 spiro atoms. The molecule has 1 saturated heterocycles. The Bertz CT molecular complexity index is 817. The minimum atomic E-state index is -0.465. The first-order chi connectivity index (χ1) is 13.0. The summed E-state index contributed by atoms with van der Waals surface area (Å²) in [5.41, 5.74) is 0.838. The average Bonchev–Trinajstić information content (AvgIpc) is 2.94. The molecule has 1 atom stereocenters. The Hall–Kier alpha value is -2.41. The monoisotopic (exact) mass is 390 g/mol. The van der Waals surface area contributed by atoms with Crippen LogP contribution in [0.4, 0.5) is 8.78 Å². The van der Waals surface area contributed by atoms with Crippen LogP contribution in [0, 0.1) is 11.6 Å². The highest BCUT2D eigenvalue weighted by Gasteiger charge is 2.24. The van der Waals surface area contributed by atoms with Gasteiger partial charge < -0.3 is 10.2 Å². The highest BCUT2D eigenvalue weighted by atomic mass is 32.2. The molecule has 27 heavy (non-hydrogen) atoms. The van der Waals surface area contributed by atoms with Crippen LogP contribution in [0.25, 0.3) is 0 Å². The van der Waals surface area contributed by atoms with Gasteiger partial charge in [-0.05, 0) is 36.8 Å². The number of benzene rings is 2. The maximum atomic E-state index is 14.0. The fourth-order valence-electron chi connectivity index (χ4n) is 2.99. The zero-order valence-corrected chi connectivity index (χ0v) is 15.5. The predicted octanol–water partition coefficient (Wildman–Crippen LogP) is 3.40. The molecule has 1 N–H and O–H groups in total. The number of hydrogen-bond acceptors (Lipinski definition) is 3. The zero-order valence-electron chi connectivity index (χ0n) is 14.7. The van der Waals surface area contributed by atoms with Gasteiger partial charge in [0.25, 0.3) is 5.91 Å². The second-order valence-electron chi connectivity index (χ2n) is 6.24. The fourth-order valence-corrected chi connectivity index (χ4v) is 4.23. The van der Waals surface area contributed by atoms with Gasteiger partial charge in [0.1, 0.15) is 11.6 Å². The van der Waals surface area contributed by atoms with E-state index >= 15 is 0 Å². The van der Waals surface area contributed by atoms with E-state index in [0.29, 0.717) is 36.4 Å². The molecule has 1 aliphatic rings. The normalized spacial score (nSPS) is 17.3. The Labute approximate surface area is 160 Å². The van der Waals surface area contributed by atoms with Crippen molar-refractivity contribution in [1.29, 1.82) is 0 Å². The average molecular weight is 390 g/mol. The molecule has 2 aromatic rings. The largest absolute Gasteiger partial charge is 0.343 e. The number of nitrogens with zero attached hydrogens (tertiary/aromatic N) is 1. The molecule has 2 aromatic carbocycles.